The second kappa shape index (κ2) is 7.75. The van der Waals surface area contributed by atoms with Crippen LogP contribution in [0.5, 0.6) is 0 Å². The summed E-state index contributed by atoms with van der Waals surface area (Å²) in [4.78, 5) is 2.34. The molecule has 1 aliphatic heterocycles. The lowest BCUT2D eigenvalue weighted by Gasteiger charge is -2.28. The van der Waals surface area contributed by atoms with Crippen molar-refractivity contribution in [3.8, 4) is 5.69 Å². The summed E-state index contributed by atoms with van der Waals surface area (Å²) < 4.78 is 2.87. The molecule has 0 radical (unpaired) electrons. The monoisotopic (exact) mass is 399 g/mol. The highest BCUT2D eigenvalue weighted by Gasteiger charge is 2.29. The molecule has 0 spiro atoms. The highest BCUT2D eigenvalue weighted by molar-refractivity contribution is 9.10. The van der Waals surface area contributed by atoms with Crippen molar-refractivity contribution in [2.24, 2.45) is 5.41 Å². The smallest absolute Gasteiger partial charge is 0.0971 e. The summed E-state index contributed by atoms with van der Waals surface area (Å²) in [5, 5.41) is 12.0. The van der Waals surface area contributed by atoms with Gasteiger partial charge in [0.2, 0.25) is 0 Å². The number of hydrogen-bond acceptors (Lipinski definition) is 4. The highest BCUT2D eigenvalue weighted by Crippen LogP contribution is 2.25. The zero-order valence-corrected chi connectivity index (χ0v) is 15.9. The molecule has 0 aliphatic carbocycles. The maximum absolute atomic E-state index is 4.30. The van der Waals surface area contributed by atoms with E-state index in [9.17, 15) is 0 Å². The third-order valence-corrected chi connectivity index (χ3v) is 4.65. The second-order valence-electron chi connectivity index (χ2n) is 6.54. The van der Waals surface area contributed by atoms with Gasteiger partial charge in [-0.2, -0.15) is 0 Å². The van der Waals surface area contributed by atoms with Gasteiger partial charge in [0.05, 0.1) is 17.6 Å². The van der Waals surface area contributed by atoms with Crippen LogP contribution in [0.1, 0.15) is 19.0 Å². The van der Waals surface area contributed by atoms with Crippen LogP contribution in [0.4, 0.5) is 0 Å². The molecule has 1 aromatic heterocycles. The molecule has 1 unspecified atom stereocenters. The highest BCUT2D eigenvalue weighted by atomic mass is 79.9. The predicted molar refractivity (Wildman–Crippen MR) is 98.2 cm³/mol. The number of nitrogens with zero attached hydrogens (tertiary/aromatic N) is 4. The molecular weight excluding hydrogens is 378 g/mol. The zero-order chi connectivity index (χ0) is 15.6. The minimum Gasteiger partial charge on any atom is -0.316 e. The molecule has 1 aromatic carbocycles. The molecule has 5 nitrogen and oxygen atoms in total. The maximum atomic E-state index is 4.30. The molecule has 2 aromatic rings. The van der Waals surface area contributed by atoms with E-state index in [2.05, 4.69) is 50.4 Å². The van der Waals surface area contributed by atoms with Gasteiger partial charge < -0.3 is 5.32 Å². The molecule has 1 saturated heterocycles. The van der Waals surface area contributed by atoms with Gasteiger partial charge in [0.25, 0.3) is 0 Å². The van der Waals surface area contributed by atoms with Crippen molar-refractivity contribution in [2.75, 3.05) is 26.7 Å². The number of hydrogen-bond donors (Lipinski definition) is 1. The molecule has 3 rings (SSSR count). The summed E-state index contributed by atoms with van der Waals surface area (Å²) >= 11 is 3.49. The Morgan fingerprint density at radius 2 is 2.26 bits per heavy atom. The van der Waals surface area contributed by atoms with Crippen molar-refractivity contribution in [2.45, 2.75) is 19.9 Å². The van der Waals surface area contributed by atoms with Crippen LogP contribution in [0.15, 0.2) is 34.9 Å². The molecule has 0 amide bonds. The summed E-state index contributed by atoms with van der Waals surface area (Å²) in [5.74, 6) is 0. The fraction of sp³-hybridized carbons (Fsp3) is 0.500. The topological polar surface area (TPSA) is 46.0 Å². The molecule has 0 bridgehead atoms. The van der Waals surface area contributed by atoms with Crippen LogP contribution in [0.2, 0.25) is 0 Å². The lowest BCUT2D eigenvalue weighted by atomic mass is 9.89. The first kappa shape index (κ1) is 18.4. The Morgan fingerprint density at radius 3 is 2.96 bits per heavy atom. The van der Waals surface area contributed by atoms with E-state index in [1.807, 2.05) is 35.1 Å². The first-order chi connectivity index (χ1) is 10.5. The number of benzene rings is 1. The van der Waals surface area contributed by atoms with Crippen molar-refractivity contribution < 1.29 is 0 Å². The van der Waals surface area contributed by atoms with Gasteiger partial charge in [0, 0.05) is 24.1 Å². The van der Waals surface area contributed by atoms with E-state index in [0.717, 1.165) is 42.0 Å². The Hall–Kier alpha value is -0.950. The maximum Gasteiger partial charge on any atom is 0.0971 e. The van der Waals surface area contributed by atoms with E-state index in [-0.39, 0.29) is 12.4 Å². The van der Waals surface area contributed by atoms with E-state index in [4.69, 9.17) is 0 Å². The van der Waals surface area contributed by atoms with E-state index >= 15 is 0 Å². The lowest BCUT2D eigenvalue weighted by molar-refractivity contribution is 0.202. The Balaban J connectivity index is 0.00000192. The average Bonchev–Trinajstić information content (AvgIpc) is 3.08. The van der Waals surface area contributed by atoms with Crippen molar-refractivity contribution in [3.63, 3.8) is 0 Å². The van der Waals surface area contributed by atoms with Crippen molar-refractivity contribution in [1.29, 1.82) is 0 Å². The first-order valence-electron chi connectivity index (χ1n) is 7.61. The summed E-state index contributed by atoms with van der Waals surface area (Å²) in [6, 6.07) is 8.07. The third-order valence-electron chi connectivity index (χ3n) is 4.15. The number of rotatable bonds is 5. The zero-order valence-electron chi connectivity index (χ0n) is 13.5. The van der Waals surface area contributed by atoms with E-state index in [0.29, 0.717) is 5.41 Å². The fourth-order valence-electron chi connectivity index (χ4n) is 3.10. The number of halogens is 2. The van der Waals surface area contributed by atoms with Crippen LogP contribution >= 0.6 is 28.3 Å². The molecule has 23 heavy (non-hydrogen) atoms. The molecule has 1 fully saturated rings. The first-order valence-corrected chi connectivity index (χ1v) is 8.40. The molecular formula is C16H23BrClN5. The lowest BCUT2D eigenvalue weighted by Crippen LogP contribution is -2.34. The Labute approximate surface area is 152 Å². The van der Waals surface area contributed by atoms with E-state index in [1.165, 1.54) is 6.42 Å². The number of nitrogens with one attached hydrogen (secondary N) is 1. The van der Waals surface area contributed by atoms with Gasteiger partial charge in [0.15, 0.2) is 0 Å². The average molecular weight is 401 g/mol. The predicted octanol–water partition coefficient (Wildman–Crippen LogP) is 2.88. The van der Waals surface area contributed by atoms with Crippen LogP contribution in [-0.2, 0) is 6.54 Å². The molecule has 7 heteroatoms. The Morgan fingerprint density at radius 1 is 1.43 bits per heavy atom. The van der Waals surface area contributed by atoms with Crippen molar-refractivity contribution in [1.82, 2.24) is 25.2 Å². The quantitative estimate of drug-likeness (QED) is 0.838. The molecule has 1 atom stereocenters. The molecule has 126 valence electrons. The molecule has 0 saturated carbocycles. The molecule has 2 heterocycles. The van der Waals surface area contributed by atoms with Gasteiger partial charge in [-0.15, -0.1) is 17.5 Å². The van der Waals surface area contributed by atoms with Crippen LogP contribution < -0.4 is 5.32 Å². The normalized spacial score (nSPS) is 20.7. The van der Waals surface area contributed by atoms with Gasteiger partial charge >= 0.3 is 0 Å². The van der Waals surface area contributed by atoms with Crippen molar-refractivity contribution in [3.05, 3.63) is 40.6 Å². The number of aromatic nitrogens is 3. The largest absolute Gasteiger partial charge is 0.316 e. The second-order valence-corrected chi connectivity index (χ2v) is 7.46. The van der Waals surface area contributed by atoms with Gasteiger partial charge in [-0.05, 0) is 43.6 Å². The Kier molecular flexibility index (Phi) is 6.19. The minimum absolute atomic E-state index is 0. The minimum atomic E-state index is 0. The molecule has 1 N–H and O–H groups in total. The van der Waals surface area contributed by atoms with E-state index < -0.39 is 0 Å². The van der Waals surface area contributed by atoms with Crippen molar-refractivity contribution >= 4 is 28.3 Å². The van der Waals surface area contributed by atoms with Gasteiger partial charge in [-0.3, -0.25) is 4.90 Å². The van der Waals surface area contributed by atoms with Crippen LogP contribution in [0.3, 0.4) is 0 Å². The standard InChI is InChI=1S/C16H22BrN5.ClH/c1-16(6-7-18-11-16)12-21(2)9-14-10-22(20-19-14)15-5-3-4-13(17)8-15;/h3-5,8,10,18H,6-7,9,11-12H2,1-2H3;1H. The van der Waals surface area contributed by atoms with Gasteiger partial charge in [0.1, 0.15) is 0 Å². The Bertz CT molecular complexity index is 639. The third kappa shape index (κ3) is 4.76. The molecule has 1 aliphatic rings. The van der Waals surface area contributed by atoms with E-state index in [1.54, 1.807) is 0 Å². The van der Waals surface area contributed by atoms with Crippen LogP contribution in [0.25, 0.3) is 5.69 Å². The van der Waals surface area contributed by atoms with Gasteiger partial charge in [-0.25, -0.2) is 4.68 Å². The summed E-state index contributed by atoms with van der Waals surface area (Å²) in [7, 11) is 2.15. The SMILES string of the molecule is CN(Cc1cn(-c2cccc(Br)c2)nn1)CC1(C)CCNC1.Cl. The fourth-order valence-corrected chi connectivity index (χ4v) is 3.49. The van der Waals surface area contributed by atoms with Crippen LogP contribution in [0, 0.1) is 5.41 Å². The van der Waals surface area contributed by atoms with Gasteiger partial charge in [-0.1, -0.05) is 34.1 Å². The van der Waals surface area contributed by atoms with Crippen LogP contribution in [-0.4, -0.2) is 46.6 Å². The summed E-state index contributed by atoms with van der Waals surface area (Å²) in [5.41, 5.74) is 2.38. The summed E-state index contributed by atoms with van der Waals surface area (Å²) in [6.45, 7) is 6.47. The summed E-state index contributed by atoms with van der Waals surface area (Å²) in [6.07, 6.45) is 3.25.